The van der Waals surface area contributed by atoms with Gasteiger partial charge >= 0.3 is 0 Å². The van der Waals surface area contributed by atoms with Crippen molar-refractivity contribution in [1.29, 1.82) is 0 Å². The first-order valence-corrected chi connectivity index (χ1v) is 9.54. The quantitative estimate of drug-likeness (QED) is 0.446. The molecule has 0 saturated heterocycles. The number of hydrogen-bond donors (Lipinski definition) is 1. The fraction of sp³-hybridized carbons (Fsp3) is 0.136. The maximum atomic E-state index is 13.0. The Morgan fingerprint density at radius 3 is 2.77 bits per heavy atom. The molecule has 8 heteroatoms. The molecule has 1 amide bonds. The van der Waals surface area contributed by atoms with E-state index in [1.165, 1.54) is 12.1 Å². The minimum absolute atomic E-state index is 0.309. The van der Waals surface area contributed by atoms with Crippen LogP contribution in [-0.4, -0.2) is 22.0 Å². The summed E-state index contributed by atoms with van der Waals surface area (Å²) >= 11 is 5.90. The summed E-state index contributed by atoms with van der Waals surface area (Å²) in [6.45, 7) is 0.894. The van der Waals surface area contributed by atoms with E-state index >= 15 is 0 Å². The van der Waals surface area contributed by atoms with E-state index < -0.39 is 12.8 Å². The van der Waals surface area contributed by atoms with Gasteiger partial charge in [-0.1, -0.05) is 11.6 Å². The van der Waals surface area contributed by atoms with E-state index in [1.807, 2.05) is 0 Å². The predicted octanol–water partition coefficient (Wildman–Crippen LogP) is 5.42. The molecule has 2 aromatic heterocycles. The van der Waals surface area contributed by atoms with Crippen LogP contribution in [0.1, 0.15) is 12.5 Å². The van der Waals surface area contributed by atoms with Crippen molar-refractivity contribution in [3.63, 3.8) is 0 Å². The van der Waals surface area contributed by atoms with Crippen LogP contribution >= 0.6 is 11.6 Å². The molecule has 0 aliphatic heterocycles. The van der Waals surface area contributed by atoms with Gasteiger partial charge in [0.25, 0.3) is 5.91 Å². The number of benzene rings is 2. The Morgan fingerprint density at radius 2 is 2.00 bits per heavy atom. The standard InChI is InChI=1S/C22H17ClFN3O3/c1-13(29-17-3-4-18(23)15(10-17)12-24)21(28)26-16-2-5-20-19(11-16)27-22(30-20)14-6-8-25-9-7-14/h2-11,13H,12H2,1H3,(H,26,28)/t13-/m0/s1. The zero-order valence-corrected chi connectivity index (χ0v) is 16.7. The van der Waals surface area contributed by atoms with E-state index in [1.54, 1.807) is 55.7 Å². The third-order valence-electron chi connectivity index (χ3n) is 4.43. The fourth-order valence-corrected chi connectivity index (χ4v) is 3.02. The summed E-state index contributed by atoms with van der Waals surface area (Å²) in [7, 11) is 0. The number of halogens is 2. The van der Waals surface area contributed by atoms with Crippen molar-refractivity contribution in [1.82, 2.24) is 9.97 Å². The highest BCUT2D eigenvalue weighted by Gasteiger charge is 2.17. The van der Waals surface area contributed by atoms with Gasteiger partial charge in [0.05, 0.1) is 0 Å². The van der Waals surface area contributed by atoms with Crippen LogP contribution in [0, 0.1) is 0 Å². The second kappa shape index (κ2) is 8.51. The molecule has 152 valence electrons. The Balaban J connectivity index is 1.47. The molecule has 30 heavy (non-hydrogen) atoms. The highest BCUT2D eigenvalue weighted by molar-refractivity contribution is 6.31. The molecule has 1 N–H and O–H groups in total. The number of pyridine rings is 1. The first-order chi connectivity index (χ1) is 14.5. The van der Waals surface area contributed by atoms with Crippen LogP contribution in [0.2, 0.25) is 5.02 Å². The molecule has 0 fully saturated rings. The van der Waals surface area contributed by atoms with Gasteiger partial charge in [-0.05, 0) is 55.5 Å². The van der Waals surface area contributed by atoms with Crippen LogP contribution in [-0.2, 0) is 11.5 Å². The highest BCUT2D eigenvalue weighted by Crippen LogP contribution is 2.26. The van der Waals surface area contributed by atoms with Crippen LogP contribution < -0.4 is 10.1 Å². The maximum absolute atomic E-state index is 13.0. The normalized spacial score (nSPS) is 12.0. The Bertz CT molecular complexity index is 1200. The molecule has 0 radical (unpaired) electrons. The van der Waals surface area contributed by atoms with E-state index in [0.29, 0.717) is 39.0 Å². The first-order valence-electron chi connectivity index (χ1n) is 9.16. The first kappa shape index (κ1) is 19.8. The number of ether oxygens (including phenoxy) is 1. The molecule has 2 heterocycles. The lowest BCUT2D eigenvalue weighted by Gasteiger charge is -2.15. The van der Waals surface area contributed by atoms with Gasteiger partial charge in [-0.15, -0.1) is 0 Å². The Kier molecular flexibility index (Phi) is 5.63. The number of anilines is 1. The molecule has 0 spiro atoms. The summed E-state index contributed by atoms with van der Waals surface area (Å²) in [5.74, 6) is 0.478. The largest absolute Gasteiger partial charge is 0.481 e. The fourth-order valence-electron chi connectivity index (χ4n) is 2.85. The second-order valence-electron chi connectivity index (χ2n) is 6.57. The zero-order valence-electron chi connectivity index (χ0n) is 15.9. The summed E-state index contributed by atoms with van der Waals surface area (Å²) < 4.78 is 24.3. The number of aromatic nitrogens is 2. The summed E-state index contributed by atoms with van der Waals surface area (Å²) in [6, 6.07) is 13.4. The average molecular weight is 426 g/mol. The number of oxazole rings is 1. The van der Waals surface area contributed by atoms with Gasteiger partial charge in [0.1, 0.15) is 17.9 Å². The summed E-state index contributed by atoms with van der Waals surface area (Å²) in [5.41, 5.74) is 2.88. The van der Waals surface area contributed by atoms with Crippen LogP contribution in [0.3, 0.4) is 0 Å². The molecular formula is C22H17ClFN3O3. The van der Waals surface area contributed by atoms with E-state index in [-0.39, 0.29) is 5.91 Å². The number of carbonyl (C=O) groups excluding carboxylic acids is 1. The third-order valence-corrected chi connectivity index (χ3v) is 4.79. The van der Waals surface area contributed by atoms with Gasteiger partial charge in [0.2, 0.25) is 5.89 Å². The summed E-state index contributed by atoms with van der Waals surface area (Å²) in [4.78, 5) is 21.0. The van der Waals surface area contributed by atoms with E-state index in [2.05, 4.69) is 15.3 Å². The van der Waals surface area contributed by atoms with Crippen LogP contribution in [0.5, 0.6) is 5.75 Å². The van der Waals surface area contributed by atoms with Crippen molar-refractivity contribution < 1.29 is 18.3 Å². The lowest BCUT2D eigenvalue weighted by atomic mass is 10.2. The third kappa shape index (κ3) is 4.26. The maximum Gasteiger partial charge on any atom is 0.265 e. The van der Waals surface area contributed by atoms with E-state index in [4.69, 9.17) is 20.8 Å². The monoisotopic (exact) mass is 425 g/mol. The van der Waals surface area contributed by atoms with Crippen molar-refractivity contribution in [2.75, 3.05) is 5.32 Å². The van der Waals surface area contributed by atoms with Gasteiger partial charge in [-0.25, -0.2) is 9.37 Å². The average Bonchev–Trinajstić information content (AvgIpc) is 3.19. The molecule has 0 bridgehead atoms. The number of carbonyl (C=O) groups is 1. The SMILES string of the molecule is C[C@H](Oc1ccc(Cl)c(CF)c1)C(=O)Nc1ccc2oc(-c3ccncc3)nc2c1. The molecule has 2 aromatic carbocycles. The Labute approximate surface area is 176 Å². The predicted molar refractivity (Wildman–Crippen MR) is 112 cm³/mol. The van der Waals surface area contributed by atoms with Crippen LogP contribution in [0.15, 0.2) is 65.3 Å². The molecule has 0 saturated carbocycles. The van der Waals surface area contributed by atoms with Gasteiger partial charge in [-0.3, -0.25) is 9.78 Å². The van der Waals surface area contributed by atoms with Crippen molar-refractivity contribution in [3.05, 3.63) is 71.5 Å². The minimum atomic E-state index is -0.806. The van der Waals surface area contributed by atoms with Gasteiger partial charge in [0.15, 0.2) is 11.7 Å². The highest BCUT2D eigenvalue weighted by atomic mass is 35.5. The van der Waals surface area contributed by atoms with Gasteiger partial charge in [-0.2, -0.15) is 0 Å². The molecule has 6 nitrogen and oxygen atoms in total. The number of hydrogen-bond acceptors (Lipinski definition) is 5. The zero-order chi connectivity index (χ0) is 21.1. The van der Waals surface area contributed by atoms with Crippen LogP contribution in [0.4, 0.5) is 10.1 Å². The van der Waals surface area contributed by atoms with Gasteiger partial charge < -0.3 is 14.5 Å². The smallest absolute Gasteiger partial charge is 0.265 e. The van der Waals surface area contributed by atoms with E-state index in [0.717, 1.165) is 5.56 Å². The van der Waals surface area contributed by atoms with Crippen LogP contribution in [0.25, 0.3) is 22.6 Å². The van der Waals surface area contributed by atoms with E-state index in [9.17, 15) is 9.18 Å². The summed E-state index contributed by atoms with van der Waals surface area (Å²) in [5, 5.41) is 3.10. The molecule has 1 atom stereocenters. The lowest BCUT2D eigenvalue weighted by Crippen LogP contribution is -2.30. The second-order valence-corrected chi connectivity index (χ2v) is 6.98. The molecule has 0 aliphatic rings. The molecule has 4 aromatic rings. The van der Waals surface area contributed by atoms with Crippen molar-refractivity contribution >= 4 is 34.3 Å². The number of nitrogens with one attached hydrogen (secondary N) is 1. The number of alkyl halides is 1. The lowest BCUT2D eigenvalue weighted by molar-refractivity contribution is -0.122. The van der Waals surface area contributed by atoms with Crippen molar-refractivity contribution in [3.8, 4) is 17.2 Å². The molecule has 0 unspecified atom stereocenters. The minimum Gasteiger partial charge on any atom is -0.481 e. The van der Waals surface area contributed by atoms with Crippen molar-refractivity contribution in [2.24, 2.45) is 0 Å². The Morgan fingerprint density at radius 1 is 1.20 bits per heavy atom. The molecule has 4 rings (SSSR count). The Hall–Kier alpha value is -3.45. The molecular weight excluding hydrogens is 409 g/mol. The topological polar surface area (TPSA) is 77.2 Å². The number of amides is 1. The number of fused-ring (bicyclic) bond motifs is 1. The summed E-state index contributed by atoms with van der Waals surface area (Å²) in [6.07, 6.45) is 2.52. The number of rotatable bonds is 6. The van der Waals surface area contributed by atoms with Crippen molar-refractivity contribution in [2.45, 2.75) is 19.7 Å². The molecule has 0 aliphatic carbocycles. The van der Waals surface area contributed by atoms with Gasteiger partial charge in [0, 0.05) is 34.2 Å². The number of nitrogens with zero attached hydrogens (tertiary/aromatic N) is 2.